The van der Waals surface area contributed by atoms with Gasteiger partial charge in [0.15, 0.2) is 0 Å². The minimum absolute atomic E-state index is 0.448. The predicted molar refractivity (Wildman–Crippen MR) is 94.6 cm³/mol. The fourth-order valence-corrected chi connectivity index (χ4v) is 5.72. The molecule has 0 N–H and O–H groups in total. The van der Waals surface area contributed by atoms with E-state index < -0.39 is 18.6 Å². The molecule has 0 spiro atoms. The number of halogens is 2. The Hall–Kier alpha value is -1.42. The summed E-state index contributed by atoms with van der Waals surface area (Å²) >= 11 is 11.0. The van der Waals surface area contributed by atoms with Gasteiger partial charge in [-0.15, -0.1) is 0 Å². The van der Waals surface area contributed by atoms with Crippen LogP contribution in [0.4, 0.5) is 0 Å². The Morgan fingerprint density at radius 1 is 0.818 bits per heavy atom. The first-order valence-corrected chi connectivity index (χ1v) is 10.5. The molecule has 0 amide bonds. The van der Waals surface area contributed by atoms with Gasteiger partial charge in [-0.2, -0.15) is 0 Å². The number of carbonyl (C=O) groups is 2. The number of carbonyl (C=O) groups excluding carboxylic acids is 2. The zero-order valence-electron chi connectivity index (χ0n) is 12.4. The van der Waals surface area contributed by atoms with Gasteiger partial charge < -0.3 is 0 Å². The van der Waals surface area contributed by atoms with E-state index in [4.69, 9.17) is 23.2 Å². The molecule has 0 aliphatic carbocycles. The summed E-state index contributed by atoms with van der Waals surface area (Å²) in [6.07, 6.45) is 0. The Bertz CT molecular complexity index is 636. The second kappa shape index (κ2) is 6.78. The zero-order valence-corrected chi connectivity index (χ0v) is 14.9. The normalized spacial score (nSPS) is 11.3. The third-order valence-corrected chi connectivity index (χ3v) is 9.27. The number of hydrogen-bond acceptors (Lipinski definition) is 2. The van der Waals surface area contributed by atoms with E-state index in [1.165, 1.54) is 10.4 Å². The molecule has 2 aromatic rings. The van der Waals surface area contributed by atoms with Gasteiger partial charge in [0.25, 0.3) is 10.5 Å². The van der Waals surface area contributed by atoms with E-state index in [-0.39, 0.29) is 0 Å². The van der Waals surface area contributed by atoms with Crippen molar-refractivity contribution in [2.45, 2.75) is 19.5 Å². The summed E-state index contributed by atoms with van der Waals surface area (Å²) in [6.45, 7) is 4.43. The van der Waals surface area contributed by atoms with Crippen LogP contribution in [0.15, 0.2) is 48.5 Å². The molecule has 5 heteroatoms. The molecule has 0 atom stereocenters. The average molecular weight is 351 g/mol. The number of benzene rings is 2. The first-order chi connectivity index (χ1) is 10.4. The van der Waals surface area contributed by atoms with Gasteiger partial charge in [-0.05, 0) is 23.2 Å². The molecule has 0 aliphatic rings. The lowest BCUT2D eigenvalue weighted by Gasteiger charge is -2.27. The molecule has 22 heavy (non-hydrogen) atoms. The van der Waals surface area contributed by atoms with Crippen LogP contribution in [0.3, 0.4) is 0 Å². The van der Waals surface area contributed by atoms with E-state index in [9.17, 15) is 9.59 Å². The van der Waals surface area contributed by atoms with Gasteiger partial charge in [0.2, 0.25) is 0 Å². The molecule has 0 fully saturated rings. The van der Waals surface area contributed by atoms with Gasteiger partial charge in [-0.3, -0.25) is 9.59 Å². The summed E-state index contributed by atoms with van der Waals surface area (Å²) in [7, 11) is -1.90. The van der Waals surface area contributed by atoms with E-state index in [1.807, 2.05) is 24.3 Å². The molecule has 2 aromatic carbocycles. The molecule has 114 valence electrons. The Balaban J connectivity index is 2.42. The van der Waals surface area contributed by atoms with E-state index in [0.717, 1.165) is 6.04 Å². The van der Waals surface area contributed by atoms with Crippen LogP contribution in [0, 0.1) is 0 Å². The SMILES string of the molecule is CC[Si](C)(c1ccc(C(=O)Cl)cc1)c1ccc(C(=O)Cl)cc1. The van der Waals surface area contributed by atoms with Crippen LogP contribution in [-0.4, -0.2) is 18.6 Å². The predicted octanol–water partition coefficient (Wildman–Crippen LogP) is 3.66. The molecule has 0 aromatic heterocycles. The second-order valence-electron chi connectivity index (χ2n) is 5.39. The molecule has 0 saturated carbocycles. The van der Waals surface area contributed by atoms with Crippen molar-refractivity contribution >= 4 is 52.1 Å². The van der Waals surface area contributed by atoms with Crippen LogP contribution in [0.2, 0.25) is 12.6 Å². The average Bonchev–Trinajstić information content (AvgIpc) is 2.54. The quantitative estimate of drug-likeness (QED) is 0.609. The molecule has 0 saturated heterocycles. The largest absolute Gasteiger partial charge is 0.276 e. The molecule has 0 bridgehead atoms. The minimum Gasteiger partial charge on any atom is -0.276 e. The molecule has 0 radical (unpaired) electrons. The Kier molecular flexibility index (Phi) is 5.22. The van der Waals surface area contributed by atoms with Crippen LogP contribution in [0.25, 0.3) is 0 Å². The van der Waals surface area contributed by atoms with Crippen molar-refractivity contribution < 1.29 is 9.59 Å². The van der Waals surface area contributed by atoms with Gasteiger partial charge in [0, 0.05) is 11.1 Å². The van der Waals surface area contributed by atoms with Crippen molar-refractivity contribution in [2.75, 3.05) is 0 Å². The summed E-state index contributed by atoms with van der Waals surface area (Å²) in [4.78, 5) is 22.4. The highest BCUT2D eigenvalue weighted by Gasteiger charge is 2.29. The highest BCUT2D eigenvalue weighted by Crippen LogP contribution is 2.13. The lowest BCUT2D eigenvalue weighted by atomic mass is 10.2. The van der Waals surface area contributed by atoms with Gasteiger partial charge >= 0.3 is 0 Å². The maximum absolute atomic E-state index is 11.2. The Morgan fingerprint density at radius 3 is 1.36 bits per heavy atom. The highest BCUT2D eigenvalue weighted by molar-refractivity contribution is 7.01. The third kappa shape index (κ3) is 3.32. The van der Waals surface area contributed by atoms with E-state index in [1.54, 1.807) is 24.3 Å². The highest BCUT2D eigenvalue weighted by atomic mass is 35.5. The molecule has 0 heterocycles. The fourth-order valence-electron chi connectivity index (χ4n) is 2.51. The summed E-state index contributed by atoms with van der Waals surface area (Å²) in [5, 5.41) is 1.55. The van der Waals surface area contributed by atoms with Crippen molar-refractivity contribution in [3.63, 3.8) is 0 Å². The molecule has 0 unspecified atom stereocenters. The topological polar surface area (TPSA) is 34.1 Å². The van der Waals surface area contributed by atoms with Crippen molar-refractivity contribution in [2.24, 2.45) is 0 Å². The van der Waals surface area contributed by atoms with Crippen LogP contribution < -0.4 is 10.4 Å². The summed E-state index contributed by atoms with van der Waals surface area (Å²) in [6, 6.07) is 16.0. The van der Waals surface area contributed by atoms with Crippen molar-refractivity contribution in [3.8, 4) is 0 Å². The third-order valence-electron chi connectivity index (χ3n) is 4.21. The maximum Gasteiger partial charge on any atom is 0.252 e. The van der Waals surface area contributed by atoms with Crippen molar-refractivity contribution in [1.29, 1.82) is 0 Å². The molecular formula is C17H16Cl2O2Si. The van der Waals surface area contributed by atoms with Gasteiger partial charge in [-0.1, -0.05) is 78.4 Å². The standard InChI is InChI=1S/C17H16Cl2O2Si/c1-3-22(2,14-8-4-12(5-9-14)16(18)20)15-10-6-13(7-11-15)17(19)21/h4-11H,3H2,1-2H3. The monoisotopic (exact) mass is 350 g/mol. The zero-order chi connectivity index (χ0) is 16.3. The number of hydrogen-bond donors (Lipinski definition) is 0. The molecule has 2 rings (SSSR count). The number of rotatable bonds is 5. The van der Waals surface area contributed by atoms with E-state index in [0.29, 0.717) is 11.1 Å². The van der Waals surface area contributed by atoms with Crippen LogP contribution in [0.5, 0.6) is 0 Å². The maximum atomic E-state index is 11.2. The van der Waals surface area contributed by atoms with Crippen LogP contribution in [0.1, 0.15) is 27.6 Å². The van der Waals surface area contributed by atoms with Gasteiger partial charge in [0.05, 0.1) is 0 Å². The fraction of sp³-hybridized carbons (Fsp3) is 0.176. The summed E-state index contributed by atoms with van der Waals surface area (Å²) in [5.41, 5.74) is 1.00. The smallest absolute Gasteiger partial charge is 0.252 e. The summed E-state index contributed by atoms with van der Waals surface area (Å²) in [5.74, 6) is 0. The van der Waals surface area contributed by atoms with Gasteiger partial charge in [-0.25, -0.2) is 0 Å². The molecule has 0 aliphatic heterocycles. The van der Waals surface area contributed by atoms with Crippen molar-refractivity contribution in [3.05, 3.63) is 59.7 Å². The van der Waals surface area contributed by atoms with Crippen molar-refractivity contribution in [1.82, 2.24) is 0 Å². The second-order valence-corrected chi connectivity index (χ2v) is 10.6. The summed E-state index contributed by atoms with van der Waals surface area (Å²) < 4.78 is 0. The lowest BCUT2D eigenvalue weighted by molar-refractivity contribution is 0.107. The first-order valence-electron chi connectivity index (χ1n) is 6.99. The first kappa shape index (κ1) is 16.9. The van der Waals surface area contributed by atoms with E-state index >= 15 is 0 Å². The lowest BCUT2D eigenvalue weighted by Crippen LogP contribution is -2.55. The minimum atomic E-state index is -1.90. The molecular weight excluding hydrogens is 335 g/mol. The van der Waals surface area contributed by atoms with Crippen LogP contribution >= 0.6 is 23.2 Å². The Morgan fingerprint density at radius 2 is 1.14 bits per heavy atom. The van der Waals surface area contributed by atoms with Crippen LogP contribution in [-0.2, 0) is 0 Å². The Labute approximate surface area is 141 Å². The van der Waals surface area contributed by atoms with E-state index in [2.05, 4.69) is 13.5 Å². The molecule has 2 nitrogen and oxygen atoms in total. The van der Waals surface area contributed by atoms with Gasteiger partial charge in [0.1, 0.15) is 8.07 Å².